The second kappa shape index (κ2) is 4.77. The molecule has 3 nitrogen and oxygen atoms in total. The van der Waals surface area contributed by atoms with Crippen molar-refractivity contribution in [2.75, 3.05) is 6.54 Å². The highest BCUT2D eigenvalue weighted by Crippen LogP contribution is 2.29. The predicted molar refractivity (Wildman–Crippen MR) is 62.8 cm³/mol. The lowest BCUT2D eigenvalue weighted by molar-refractivity contribution is -0.143. The Kier molecular flexibility index (Phi) is 3.88. The summed E-state index contributed by atoms with van der Waals surface area (Å²) in [5, 5.41) is 9.24. The Morgan fingerprint density at radius 3 is 2.73 bits per heavy atom. The quantitative estimate of drug-likeness (QED) is 0.882. The van der Waals surface area contributed by atoms with Gasteiger partial charge in [-0.2, -0.15) is 0 Å². The van der Waals surface area contributed by atoms with Gasteiger partial charge in [0.1, 0.15) is 0 Å². The Labute approximate surface area is 97.4 Å². The number of carboxylic acids is 1. The molecule has 0 bridgehead atoms. The lowest BCUT2D eigenvalue weighted by Gasteiger charge is -2.24. The van der Waals surface area contributed by atoms with Crippen LogP contribution in [0.4, 0.5) is 0 Å². The zero-order valence-electron chi connectivity index (χ0n) is 8.53. The van der Waals surface area contributed by atoms with Gasteiger partial charge in [-0.15, -0.1) is 0 Å². The van der Waals surface area contributed by atoms with Crippen molar-refractivity contribution in [3.05, 3.63) is 34.3 Å². The van der Waals surface area contributed by atoms with Crippen molar-refractivity contribution >= 4 is 21.9 Å². The van der Waals surface area contributed by atoms with Gasteiger partial charge < -0.3 is 10.8 Å². The van der Waals surface area contributed by atoms with Crippen molar-refractivity contribution in [2.24, 2.45) is 5.73 Å². The molecule has 0 fully saturated rings. The van der Waals surface area contributed by atoms with Crippen molar-refractivity contribution in [3.63, 3.8) is 0 Å². The minimum Gasteiger partial charge on any atom is -0.481 e. The zero-order chi connectivity index (χ0) is 11.5. The molecular formula is C11H14BrNO2. The zero-order valence-corrected chi connectivity index (χ0v) is 10.1. The summed E-state index contributed by atoms with van der Waals surface area (Å²) < 4.78 is 0.879. The van der Waals surface area contributed by atoms with Gasteiger partial charge in [0, 0.05) is 4.47 Å². The van der Waals surface area contributed by atoms with E-state index < -0.39 is 11.4 Å². The lowest BCUT2D eigenvalue weighted by Crippen LogP contribution is -2.34. The van der Waals surface area contributed by atoms with E-state index in [-0.39, 0.29) is 0 Å². The molecule has 0 radical (unpaired) electrons. The molecule has 0 aliphatic carbocycles. The van der Waals surface area contributed by atoms with E-state index in [1.807, 2.05) is 24.3 Å². The standard InChI is InChI=1S/C11H14BrNO2/c1-11(5-6-13,10(14)15)8-3-2-4-9(12)7-8/h2-4,7H,5-6,13H2,1H3,(H,14,15). The number of hydrogen-bond donors (Lipinski definition) is 2. The second-order valence-corrected chi connectivity index (χ2v) is 4.60. The first-order chi connectivity index (χ1) is 7.00. The Bertz CT molecular complexity index is 367. The molecule has 0 spiro atoms. The van der Waals surface area contributed by atoms with Crippen molar-refractivity contribution in [1.29, 1.82) is 0 Å². The molecule has 0 saturated carbocycles. The topological polar surface area (TPSA) is 63.3 Å². The molecule has 0 saturated heterocycles. The van der Waals surface area contributed by atoms with Crippen LogP contribution in [0.15, 0.2) is 28.7 Å². The van der Waals surface area contributed by atoms with Crippen LogP contribution >= 0.6 is 15.9 Å². The molecule has 1 aromatic rings. The van der Waals surface area contributed by atoms with Crippen LogP contribution < -0.4 is 5.73 Å². The fourth-order valence-corrected chi connectivity index (χ4v) is 1.89. The highest BCUT2D eigenvalue weighted by Gasteiger charge is 2.34. The van der Waals surface area contributed by atoms with Crippen LogP contribution in [0.25, 0.3) is 0 Å². The first-order valence-corrected chi connectivity index (χ1v) is 5.49. The number of benzene rings is 1. The molecule has 1 aromatic carbocycles. The van der Waals surface area contributed by atoms with Gasteiger partial charge in [0.05, 0.1) is 5.41 Å². The van der Waals surface area contributed by atoms with Crippen molar-refractivity contribution in [1.82, 2.24) is 0 Å². The van der Waals surface area contributed by atoms with Gasteiger partial charge in [-0.3, -0.25) is 4.79 Å². The summed E-state index contributed by atoms with van der Waals surface area (Å²) in [5.41, 5.74) is 5.32. The first-order valence-electron chi connectivity index (χ1n) is 4.70. The van der Waals surface area contributed by atoms with Crippen LogP contribution in [-0.4, -0.2) is 17.6 Å². The minimum absolute atomic E-state index is 0.356. The van der Waals surface area contributed by atoms with E-state index >= 15 is 0 Å². The molecule has 0 amide bonds. The van der Waals surface area contributed by atoms with Crippen LogP contribution in [0, 0.1) is 0 Å². The number of halogens is 1. The van der Waals surface area contributed by atoms with Crippen molar-refractivity contribution in [3.8, 4) is 0 Å². The minimum atomic E-state index is -0.904. The van der Waals surface area contributed by atoms with Gasteiger partial charge in [0.25, 0.3) is 0 Å². The third-order valence-electron chi connectivity index (χ3n) is 2.58. The van der Waals surface area contributed by atoms with Crippen molar-refractivity contribution < 1.29 is 9.90 Å². The van der Waals surface area contributed by atoms with Crippen LogP contribution in [0.2, 0.25) is 0 Å². The van der Waals surface area contributed by atoms with Gasteiger partial charge in [0.2, 0.25) is 0 Å². The average Bonchev–Trinajstić information content (AvgIpc) is 2.17. The number of nitrogens with two attached hydrogens (primary N) is 1. The van der Waals surface area contributed by atoms with Gasteiger partial charge in [-0.1, -0.05) is 28.1 Å². The highest BCUT2D eigenvalue weighted by molar-refractivity contribution is 9.10. The molecule has 0 aliphatic rings. The van der Waals surface area contributed by atoms with Crippen LogP contribution in [0.5, 0.6) is 0 Å². The summed E-state index contributed by atoms with van der Waals surface area (Å²) in [5.74, 6) is -0.842. The number of rotatable bonds is 4. The first kappa shape index (κ1) is 12.2. The maximum absolute atomic E-state index is 11.3. The van der Waals surface area contributed by atoms with Crippen molar-refractivity contribution in [2.45, 2.75) is 18.8 Å². The van der Waals surface area contributed by atoms with E-state index in [0.29, 0.717) is 13.0 Å². The third kappa shape index (κ3) is 2.58. The maximum atomic E-state index is 11.3. The molecule has 0 aliphatic heterocycles. The summed E-state index contributed by atoms with van der Waals surface area (Å²) in [7, 11) is 0. The van der Waals surface area contributed by atoms with Gasteiger partial charge in [-0.05, 0) is 37.6 Å². The predicted octanol–water partition coefficient (Wildman–Crippen LogP) is 2.14. The molecule has 1 rings (SSSR count). The Balaban J connectivity index is 3.15. The second-order valence-electron chi connectivity index (χ2n) is 3.69. The van der Waals surface area contributed by atoms with Gasteiger partial charge in [0.15, 0.2) is 0 Å². The summed E-state index contributed by atoms with van der Waals surface area (Å²) >= 11 is 3.33. The molecule has 82 valence electrons. The molecule has 3 N–H and O–H groups in total. The van der Waals surface area contributed by atoms with Gasteiger partial charge >= 0.3 is 5.97 Å². The highest BCUT2D eigenvalue weighted by atomic mass is 79.9. The van der Waals surface area contributed by atoms with Gasteiger partial charge in [-0.25, -0.2) is 0 Å². The summed E-state index contributed by atoms with van der Waals surface area (Å²) in [4.78, 5) is 11.3. The fourth-order valence-electron chi connectivity index (χ4n) is 1.50. The number of hydrogen-bond acceptors (Lipinski definition) is 2. The lowest BCUT2D eigenvalue weighted by atomic mass is 9.79. The molecular weight excluding hydrogens is 258 g/mol. The number of aliphatic carboxylic acids is 1. The fraction of sp³-hybridized carbons (Fsp3) is 0.364. The van der Waals surface area contributed by atoms with E-state index in [1.54, 1.807) is 6.92 Å². The molecule has 0 heterocycles. The molecule has 0 aromatic heterocycles. The van der Waals surface area contributed by atoms with Crippen LogP contribution in [0.1, 0.15) is 18.9 Å². The average molecular weight is 272 g/mol. The third-order valence-corrected chi connectivity index (χ3v) is 3.07. The SMILES string of the molecule is CC(CCN)(C(=O)O)c1cccc(Br)c1. The van der Waals surface area contributed by atoms with E-state index in [2.05, 4.69) is 15.9 Å². The number of carbonyl (C=O) groups is 1. The molecule has 1 unspecified atom stereocenters. The number of carboxylic acid groups (broad SMARTS) is 1. The monoisotopic (exact) mass is 271 g/mol. The Morgan fingerprint density at radius 1 is 1.60 bits per heavy atom. The molecule has 1 atom stereocenters. The summed E-state index contributed by atoms with van der Waals surface area (Å²) in [6.45, 7) is 2.05. The van der Waals surface area contributed by atoms with E-state index in [1.165, 1.54) is 0 Å². The van der Waals surface area contributed by atoms with E-state index in [4.69, 9.17) is 5.73 Å². The van der Waals surface area contributed by atoms with E-state index in [9.17, 15) is 9.90 Å². The Hall–Kier alpha value is -0.870. The summed E-state index contributed by atoms with van der Waals surface area (Å²) in [6.07, 6.45) is 0.429. The summed E-state index contributed by atoms with van der Waals surface area (Å²) in [6, 6.07) is 7.34. The normalized spacial score (nSPS) is 14.6. The maximum Gasteiger partial charge on any atom is 0.313 e. The van der Waals surface area contributed by atoms with E-state index in [0.717, 1.165) is 10.0 Å². The molecule has 4 heteroatoms. The largest absolute Gasteiger partial charge is 0.481 e. The molecule has 15 heavy (non-hydrogen) atoms. The Morgan fingerprint density at radius 2 is 2.27 bits per heavy atom. The van der Waals surface area contributed by atoms with Crippen LogP contribution in [0.3, 0.4) is 0 Å². The van der Waals surface area contributed by atoms with Crippen LogP contribution in [-0.2, 0) is 10.2 Å². The smallest absolute Gasteiger partial charge is 0.313 e.